The molecule has 0 atom stereocenters. The van der Waals surface area contributed by atoms with Gasteiger partial charge in [0.15, 0.2) is 0 Å². The van der Waals surface area contributed by atoms with Crippen molar-refractivity contribution in [3.05, 3.63) is 0 Å². The Labute approximate surface area is 294 Å². The SMILES string of the molecule is CCCCCCCCOC(=O)CCC(=O)OS(=O)(=O)[O-].CCCCCCCCOC(=O)CCC(=O)OS(=O)(=O)[O-].[Na+].[Na+]. The number of esters is 2. The molecule has 0 N–H and O–H groups in total. The number of hydrogen-bond donors (Lipinski definition) is 0. The zero-order valence-corrected chi connectivity index (χ0v) is 30.9. The third-order valence-corrected chi connectivity index (χ3v) is 5.76. The summed E-state index contributed by atoms with van der Waals surface area (Å²) < 4.78 is 77.3. The van der Waals surface area contributed by atoms with Crippen LogP contribution in [0.15, 0.2) is 0 Å². The second-order valence-corrected chi connectivity index (χ2v) is 10.7. The summed E-state index contributed by atoms with van der Waals surface area (Å²) in [6.07, 6.45) is 11.2. The maximum atomic E-state index is 11.2. The quantitative estimate of drug-likeness (QED) is 0.0380. The van der Waals surface area contributed by atoms with Gasteiger partial charge in [-0.2, -0.15) is 0 Å². The molecule has 0 aliphatic rings. The number of rotatable bonds is 22. The maximum Gasteiger partial charge on any atom is 1.00 e. The van der Waals surface area contributed by atoms with E-state index in [4.69, 9.17) is 9.47 Å². The summed E-state index contributed by atoms with van der Waals surface area (Å²) in [5, 5.41) is 0. The Bertz CT molecular complexity index is 865. The molecule has 0 aromatic carbocycles. The van der Waals surface area contributed by atoms with E-state index in [2.05, 4.69) is 22.2 Å². The average molecular weight is 665 g/mol. The summed E-state index contributed by atoms with van der Waals surface area (Å²) in [5.74, 6) is -3.73. The topological polar surface area (TPSA) is 220 Å². The van der Waals surface area contributed by atoms with Gasteiger partial charge >= 0.3 is 83.0 Å². The molecule has 0 spiro atoms. The van der Waals surface area contributed by atoms with Crippen LogP contribution < -0.4 is 59.1 Å². The van der Waals surface area contributed by atoms with Gasteiger partial charge in [0.2, 0.25) is 0 Å². The number of carbonyl (C=O) groups excluding carboxylic acids is 4. The molecule has 0 radical (unpaired) electrons. The third kappa shape index (κ3) is 41.8. The predicted octanol–water partition coefficient (Wildman–Crippen LogP) is -2.64. The molecule has 0 unspecified atom stereocenters. The van der Waals surface area contributed by atoms with Crippen molar-refractivity contribution < 1.29 is 122 Å². The van der Waals surface area contributed by atoms with E-state index in [1.165, 1.54) is 38.5 Å². The number of hydrogen-bond acceptors (Lipinski definition) is 14. The van der Waals surface area contributed by atoms with E-state index in [0.29, 0.717) is 0 Å². The largest absolute Gasteiger partial charge is 1.00 e. The molecule has 0 bridgehead atoms. The summed E-state index contributed by atoms with van der Waals surface area (Å²) in [5.41, 5.74) is 0. The number of carbonyl (C=O) groups is 4. The van der Waals surface area contributed by atoms with E-state index < -0.39 is 57.5 Å². The van der Waals surface area contributed by atoms with Crippen LogP contribution in [-0.2, 0) is 57.8 Å². The van der Waals surface area contributed by atoms with Crippen molar-refractivity contribution in [3.8, 4) is 0 Å². The molecule has 0 saturated heterocycles. The van der Waals surface area contributed by atoms with E-state index in [1.807, 2.05) is 0 Å². The summed E-state index contributed by atoms with van der Waals surface area (Å²) in [6.45, 7) is 4.81. The second kappa shape index (κ2) is 30.7. The maximum absolute atomic E-state index is 11.2. The van der Waals surface area contributed by atoms with Crippen LogP contribution in [0.3, 0.4) is 0 Å². The molecule has 0 amide bonds. The van der Waals surface area contributed by atoms with Crippen molar-refractivity contribution in [2.24, 2.45) is 0 Å². The average Bonchev–Trinajstić information content (AvgIpc) is 2.83. The summed E-state index contributed by atoms with van der Waals surface area (Å²) in [7, 11) is -10.1. The Morgan fingerprint density at radius 3 is 1.02 bits per heavy atom. The van der Waals surface area contributed by atoms with Crippen LogP contribution >= 0.6 is 0 Å². The van der Waals surface area contributed by atoms with Crippen LogP contribution in [0.1, 0.15) is 117 Å². The fourth-order valence-electron chi connectivity index (χ4n) is 3.00. The van der Waals surface area contributed by atoms with Gasteiger partial charge in [0.1, 0.15) is 0 Å². The van der Waals surface area contributed by atoms with Gasteiger partial charge in [-0.05, 0) is 12.8 Å². The summed E-state index contributed by atoms with van der Waals surface area (Å²) in [4.78, 5) is 44.0. The van der Waals surface area contributed by atoms with Gasteiger partial charge in [-0.1, -0.05) is 78.1 Å². The smallest absolute Gasteiger partial charge is 0.716 e. The molecule has 236 valence electrons. The Balaban J connectivity index is -0.000000328. The first-order valence-corrected chi connectivity index (χ1v) is 16.0. The van der Waals surface area contributed by atoms with Crippen LogP contribution in [0, 0.1) is 0 Å². The minimum Gasteiger partial charge on any atom is -0.716 e. The molecular weight excluding hydrogens is 622 g/mol. The first-order valence-electron chi connectivity index (χ1n) is 13.4. The molecular formula is C24H42Na2O14S2. The molecule has 0 saturated carbocycles. The van der Waals surface area contributed by atoms with Gasteiger partial charge in [-0.3, -0.25) is 19.2 Å². The fourth-order valence-corrected chi connectivity index (χ4v) is 3.62. The Hall–Kier alpha value is -0.300. The first kappa shape index (κ1) is 48.6. The standard InChI is InChI=1S/2C12H22O7S.2Na/c2*1-2-3-4-5-6-7-10-18-11(13)8-9-12(14)19-20(15,16)17;;/h2*2-10H2,1H3,(H,15,16,17);;/q;;2*+1/p-2. The van der Waals surface area contributed by atoms with Gasteiger partial charge in [0.25, 0.3) is 20.8 Å². The molecule has 42 heavy (non-hydrogen) atoms. The molecule has 0 rings (SSSR count). The normalized spacial score (nSPS) is 10.6. The van der Waals surface area contributed by atoms with Gasteiger partial charge in [0, 0.05) is 0 Å². The van der Waals surface area contributed by atoms with Crippen molar-refractivity contribution in [1.29, 1.82) is 0 Å². The molecule has 0 aliphatic heterocycles. The molecule has 18 heteroatoms. The molecule has 0 aromatic rings. The summed E-state index contributed by atoms with van der Waals surface area (Å²) >= 11 is 0. The minimum atomic E-state index is -5.05. The van der Waals surface area contributed by atoms with Gasteiger partial charge in [-0.25, -0.2) is 16.8 Å². The van der Waals surface area contributed by atoms with E-state index >= 15 is 0 Å². The van der Waals surface area contributed by atoms with Crippen LogP contribution in [0.25, 0.3) is 0 Å². The van der Waals surface area contributed by atoms with Gasteiger partial charge in [-0.15, -0.1) is 0 Å². The molecule has 0 heterocycles. The zero-order chi connectivity index (χ0) is 30.9. The van der Waals surface area contributed by atoms with Crippen molar-refractivity contribution in [1.82, 2.24) is 0 Å². The number of ether oxygens (including phenoxy) is 2. The molecule has 0 fully saturated rings. The van der Waals surface area contributed by atoms with Gasteiger partial charge < -0.3 is 26.9 Å². The molecule has 14 nitrogen and oxygen atoms in total. The van der Waals surface area contributed by atoms with Gasteiger partial charge in [0.05, 0.1) is 38.9 Å². The zero-order valence-electron chi connectivity index (χ0n) is 25.3. The first-order chi connectivity index (χ1) is 18.7. The minimum absolute atomic E-state index is 0. The second-order valence-electron chi connectivity index (χ2n) is 8.70. The summed E-state index contributed by atoms with van der Waals surface area (Å²) in [6, 6.07) is 0. The van der Waals surface area contributed by atoms with Crippen LogP contribution in [0.4, 0.5) is 0 Å². The van der Waals surface area contributed by atoms with Crippen LogP contribution in [0.5, 0.6) is 0 Å². The van der Waals surface area contributed by atoms with E-state index in [9.17, 15) is 45.1 Å². The van der Waals surface area contributed by atoms with Crippen molar-refractivity contribution in [2.45, 2.75) is 117 Å². The van der Waals surface area contributed by atoms with Crippen LogP contribution in [0.2, 0.25) is 0 Å². The Morgan fingerprint density at radius 2 is 0.738 bits per heavy atom. The Morgan fingerprint density at radius 1 is 0.476 bits per heavy atom. The van der Waals surface area contributed by atoms with Crippen LogP contribution in [-0.4, -0.2) is 63.0 Å². The Kier molecular flexibility index (Phi) is 35.5. The molecule has 0 aromatic heterocycles. The van der Waals surface area contributed by atoms with Crippen molar-refractivity contribution in [3.63, 3.8) is 0 Å². The van der Waals surface area contributed by atoms with E-state index in [-0.39, 0.29) is 85.2 Å². The third-order valence-electron chi connectivity index (χ3n) is 4.98. The van der Waals surface area contributed by atoms with E-state index in [0.717, 1.165) is 38.5 Å². The van der Waals surface area contributed by atoms with Crippen molar-refractivity contribution >= 4 is 44.7 Å². The fraction of sp³-hybridized carbons (Fsp3) is 0.833. The monoisotopic (exact) mass is 664 g/mol. The van der Waals surface area contributed by atoms with Crippen molar-refractivity contribution in [2.75, 3.05) is 13.2 Å². The molecule has 0 aliphatic carbocycles. The predicted molar refractivity (Wildman–Crippen MR) is 139 cm³/mol. The number of unbranched alkanes of at least 4 members (excludes halogenated alkanes) is 10. The van der Waals surface area contributed by atoms with E-state index in [1.54, 1.807) is 0 Å².